The first-order chi connectivity index (χ1) is 16.8. The lowest BCUT2D eigenvalue weighted by atomic mass is 10.0. The predicted molar refractivity (Wildman–Crippen MR) is 132 cm³/mol. The molecule has 0 radical (unpaired) electrons. The van der Waals surface area contributed by atoms with Crippen LogP contribution in [-0.4, -0.2) is 18.0 Å². The number of halogens is 1. The van der Waals surface area contributed by atoms with Crippen molar-refractivity contribution in [3.05, 3.63) is 101 Å². The van der Waals surface area contributed by atoms with Crippen LogP contribution in [0.4, 0.5) is 10.2 Å². The van der Waals surface area contributed by atoms with Gasteiger partial charge in [0.2, 0.25) is 0 Å². The van der Waals surface area contributed by atoms with Crippen molar-refractivity contribution in [3.63, 3.8) is 0 Å². The van der Waals surface area contributed by atoms with Crippen molar-refractivity contribution in [3.8, 4) is 22.6 Å². The van der Waals surface area contributed by atoms with Crippen LogP contribution in [0.1, 0.15) is 40.1 Å². The average Bonchev–Trinajstić information content (AvgIpc) is 2.84. The normalized spacial score (nSPS) is 11.7. The topological polar surface area (TPSA) is 78.3 Å². The van der Waals surface area contributed by atoms with E-state index in [-0.39, 0.29) is 17.5 Å². The molecule has 6 nitrogen and oxygen atoms in total. The molecule has 0 fully saturated rings. The number of anilines is 1. The van der Waals surface area contributed by atoms with E-state index in [0.29, 0.717) is 16.9 Å². The zero-order valence-electron chi connectivity index (χ0n) is 20.1. The number of para-hydroxylation sites is 1. The molecule has 0 bridgehead atoms. The fourth-order valence-corrected chi connectivity index (χ4v) is 4.00. The molecule has 0 spiro atoms. The Balaban J connectivity index is 1.58. The molecule has 0 aliphatic carbocycles. The molecule has 0 amide bonds. The number of aryl methyl sites for hydroxylation is 2. The molecule has 1 atom stereocenters. The van der Waals surface area contributed by atoms with E-state index in [0.717, 1.165) is 22.3 Å². The first kappa shape index (κ1) is 23.9. The number of rotatable bonds is 6. The summed E-state index contributed by atoms with van der Waals surface area (Å²) in [6.45, 7) is 5.70. The lowest BCUT2D eigenvalue weighted by Gasteiger charge is -2.19. The Morgan fingerprint density at radius 1 is 1.03 bits per heavy atom. The smallest absolute Gasteiger partial charge is 0.424 e. The van der Waals surface area contributed by atoms with Crippen LogP contribution < -0.4 is 19.8 Å². The highest BCUT2D eigenvalue weighted by molar-refractivity contribution is 5.88. The molecule has 0 saturated heterocycles. The third-order valence-corrected chi connectivity index (χ3v) is 5.67. The van der Waals surface area contributed by atoms with Crippen LogP contribution in [0.3, 0.4) is 0 Å². The molecule has 7 heteroatoms. The summed E-state index contributed by atoms with van der Waals surface area (Å²) in [6, 6.07) is 15.7. The molecule has 2 N–H and O–H groups in total. The maximum atomic E-state index is 14.1. The monoisotopic (exact) mass is 472 g/mol. The van der Waals surface area contributed by atoms with E-state index in [4.69, 9.17) is 15.2 Å². The number of aromatic nitrogens is 2. The first-order valence-electron chi connectivity index (χ1n) is 11.2. The minimum atomic E-state index is -0.533. The van der Waals surface area contributed by atoms with E-state index in [1.807, 2.05) is 44.4 Å². The number of carbonyl (C=O) groups excluding carboxylic acids is 1. The summed E-state index contributed by atoms with van der Waals surface area (Å²) in [6.07, 6.45) is 4.73. The van der Waals surface area contributed by atoms with Crippen molar-refractivity contribution < 1.29 is 23.2 Å². The third kappa shape index (κ3) is 5.14. The number of carbonyl (C=O) groups is 1. The molecule has 0 aliphatic rings. The van der Waals surface area contributed by atoms with E-state index < -0.39 is 11.9 Å². The summed E-state index contributed by atoms with van der Waals surface area (Å²) >= 11 is 0. The largest absolute Gasteiger partial charge is 0.493 e. The number of pyridine rings is 2. The van der Waals surface area contributed by atoms with Gasteiger partial charge in [-0.3, -0.25) is 0 Å². The Bertz CT molecular complexity index is 1370. The van der Waals surface area contributed by atoms with E-state index in [1.165, 1.54) is 13.2 Å². The third-order valence-electron chi connectivity index (χ3n) is 5.67. The highest BCUT2D eigenvalue weighted by atomic mass is 19.1. The van der Waals surface area contributed by atoms with Crippen LogP contribution in [0.15, 0.2) is 73.2 Å². The maximum absolute atomic E-state index is 14.1. The number of benzene rings is 2. The van der Waals surface area contributed by atoms with Gasteiger partial charge in [0, 0.05) is 28.5 Å². The second-order valence-corrected chi connectivity index (χ2v) is 8.41. The zero-order chi connectivity index (χ0) is 25.1. The fourth-order valence-electron chi connectivity index (χ4n) is 4.00. The van der Waals surface area contributed by atoms with Gasteiger partial charge in [0.1, 0.15) is 6.10 Å². The summed E-state index contributed by atoms with van der Waals surface area (Å²) in [5, 5.41) is 0. The lowest BCUT2D eigenvalue weighted by Crippen LogP contribution is -2.42. The Kier molecular flexibility index (Phi) is 6.78. The van der Waals surface area contributed by atoms with Crippen molar-refractivity contribution in [2.24, 2.45) is 0 Å². The van der Waals surface area contributed by atoms with Gasteiger partial charge < -0.3 is 15.2 Å². The van der Waals surface area contributed by atoms with Crippen LogP contribution in [0, 0.1) is 19.7 Å². The fraction of sp³-hybridized carbons (Fsp3) is 0.179. The van der Waals surface area contributed by atoms with Crippen LogP contribution in [0.2, 0.25) is 0 Å². The predicted octanol–water partition coefficient (Wildman–Crippen LogP) is 5.21. The Morgan fingerprint density at radius 3 is 2.37 bits per heavy atom. The Morgan fingerprint density at radius 2 is 1.71 bits per heavy atom. The van der Waals surface area contributed by atoms with E-state index in [1.54, 1.807) is 48.0 Å². The Labute approximate surface area is 203 Å². The summed E-state index contributed by atoms with van der Waals surface area (Å²) in [4.78, 5) is 17.2. The van der Waals surface area contributed by atoms with Gasteiger partial charge in [-0.15, -0.1) is 4.57 Å². The molecular weight excluding hydrogens is 445 g/mol. The molecular formula is C28H27FN3O3+. The minimum absolute atomic E-state index is 0.110. The number of hydrogen-bond acceptors (Lipinski definition) is 5. The van der Waals surface area contributed by atoms with Crippen LogP contribution >= 0.6 is 0 Å². The molecule has 0 saturated carbocycles. The van der Waals surface area contributed by atoms with Gasteiger partial charge in [0.25, 0.3) is 0 Å². The van der Waals surface area contributed by atoms with Crippen LogP contribution in [0.5, 0.6) is 11.5 Å². The standard InChI is InChI=1S/C28H26FN3O3/c1-17-12-18(2)16-32(15-17)28(33)21-10-8-20(9-11-21)22-13-25(27(30)31-14-22)35-19(3)23-6-5-7-24(29)26(23)34-4/h5-16,19H,1-4H3,(H-,30,31,33)/p+1. The number of methoxy groups -OCH3 is 1. The maximum Gasteiger partial charge on any atom is 0.424 e. The highest BCUT2D eigenvalue weighted by Gasteiger charge is 2.20. The van der Waals surface area contributed by atoms with Crippen molar-refractivity contribution in [1.82, 2.24) is 4.98 Å². The van der Waals surface area contributed by atoms with Gasteiger partial charge >= 0.3 is 5.91 Å². The summed E-state index contributed by atoms with van der Waals surface area (Å²) in [5.41, 5.74) is 10.8. The van der Waals surface area contributed by atoms with Gasteiger partial charge in [-0.25, -0.2) is 14.2 Å². The second kappa shape index (κ2) is 9.93. The van der Waals surface area contributed by atoms with Gasteiger partial charge in [0.15, 0.2) is 35.5 Å². The molecule has 0 aliphatic heterocycles. The summed E-state index contributed by atoms with van der Waals surface area (Å²) in [5.74, 6) is 0.139. The zero-order valence-corrected chi connectivity index (χ0v) is 20.1. The van der Waals surface area contributed by atoms with Gasteiger partial charge in [-0.2, -0.15) is 0 Å². The SMILES string of the molecule is COc1c(F)cccc1C(C)Oc1cc(-c2ccc(C(=O)[n+]3cc(C)cc(C)c3)cc2)cnc1N. The van der Waals surface area contributed by atoms with E-state index in [2.05, 4.69) is 4.98 Å². The molecule has 2 aromatic carbocycles. The number of hydrogen-bond donors (Lipinski definition) is 1. The molecule has 35 heavy (non-hydrogen) atoms. The van der Waals surface area contributed by atoms with Crippen molar-refractivity contribution >= 4 is 11.7 Å². The van der Waals surface area contributed by atoms with E-state index >= 15 is 0 Å². The lowest BCUT2D eigenvalue weighted by molar-refractivity contribution is -0.571. The average molecular weight is 473 g/mol. The summed E-state index contributed by atoms with van der Waals surface area (Å²) in [7, 11) is 1.41. The summed E-state index contributed by atoms with van der Waals surface area (Å²) < 4.78 is 26.9. The minimum Gasteiger partial charge on any atom is -0.493 e. The molecule has 4 rings (SSSR count). The first-order valence-corrected chi connectivity index (χ1v) is 11.2. The van der Waals surface area contributed by atoms with Crippen molar-refractivity contribution in [1.29, 1.82) is 0 Å². The van der Waals surface area contributed by atoms with E-state index in [9.17, 15) is 9.18 Å². The number of nitrogens with two attached hydrogens (primary N) is 1. The number of nitrogens with zero attached hydrogens (tertiary/aromatic N) is 2. The Hall–Kier alpha value is -4.26. The van der Waals surface area contributed by atoms with Crippen LogP contribution in [0.25, 0.3) is 11.1 Å². The molecule has 4 aromatic rings. The van der Waals surface area contributed by atoms with Crippen LogP contribution in [-0.2, 0) is 0 Å². The molecule has 1 unspecified atom stereocenters. The van der Waals surface area contributed by atoms with Gasteiger partial charge in [0.05, 0.1) is 12.7 Å². The van der Waals surface area contributed by atoms with Gasteiger partial charge in [-0.05, 0) is 56.7 Å². The highest BCUT2D eigenvalue weighted by Crippen LogP contribution is 2.34. The number of nitrogen functional groups attached to an aromatic ring is 1. The van der Waals surface area contributed by atoms with Crippen molar-refractivity contribution in [2.45, 2.75) is 26.9 Å². The quantitative estimate of drug-likeness (QED) is 0.390. The second-order valence-electron chi connectivity index (χ2n) is 8.41. The molecule has 178 valence electrons. The van der Waals surface area contributed by atoms with Gasteiger partial charge in [-0.1, -0.05) is 24.3 Å². The van der Waals surface area contributed by atoms with Crippen molar-refractivity contribution in [2.75, 3.05) is 12.8 Å². The molecule has 2 heterocycles. The number of ether oxygens (including phenoxy) is 2. The molecule has 2 aromatic heterocycles.